The topological polar surface area (TPSA) is 110 Å². The SMILES string of the molecule is C=C(CO)C(=O)Oc1ccc(/C=C/C(=O)c2ccc(OCCCN3C(=O)C=CC3=O)cc2)cc1. The molecule has 0 aliphatic carbocycles. The number of carbonyl (C=O) groups excluding carboxylic acids is 4. The van der Waals surface area contributed by atoms with Gasteiger partial charge >= 0.3 is 5.97 Å². The minimum absolute atomic E-state index is 0.0430. The summed E-state index contributed by atoms with van der Waals surface area (Å²) in [7, 11) is 0. The summed E-state index contributed by atoms with van der Waals surface area (Å²) in [5.41, 5.74) is 1.17. The van der Waals surface area contributed by atoms with Crippen molar-refractivity contribution in [2.24, 2.45) is 0 Å². The van der Waals surface area contributed by atoms with Gasteiger partial charge in [-0.3, -0.25) is 19.3 Å². The van der Waals surface area contributed by atoms with E-state index in [9.17, 15) is 19.2 Å². The fraction of sp³-hybridized carbons (Fsp3) is 0.154. The average Bonchev–Trinajstić information content (AvgIpc) is 3.17. The summed E-state index contributed by atoms with van der Waals surface area (Å²) in [5.74, 6) is -0.655. The summed E-state index contributed by atoms with van der Waals surface area (Å²) in [4.78, 5) is 48.2. The maximum atomic E-state index is 12.4. The van der Waals surface area contributed by atoms with Crippen LogP contribution >= 0.6 is 0 Å². The summed E-state index contributed by atoms with van der Waals surface area (Å²) in [6.45, 7) is 3.53. The van der Waals surface area contributed by atoms with Crippen molar-refractivity contribution in [1.82, 2.24) is 4.90 Å². The molecule has 174 valence electrons. The molecule has 34 heavy (non-hydrogen) atoms. The van der Waals surface area contributed by atoms with Gasteiger partial charge in [0, 0.05) is 24.3 Å². The van der Waals surface area contributed by atoms with Gasteiger partial charge in [-0.05, 0) is 54.5 Å². The fourth-order valence-corrected chi connectivity index (χ4v) is 2.94. The van der Waals surface area contributed by atoms with Gasteiger partial charge in [0.15, 0.2) is 5.78 Å². The minimum atomic E-state index is -0.706. The monoisotopic (exact) mass is 461 g/mol. The van der Waals surface area contributed by atoms with Crippen molar-refractivity contribution in [2.45, 2.75) is 6.42 Å². The van der Waals surface area contributed by atoms with E-state index in [4.69, 9.17) is 14.6 Å². The number of amides is 2. The van der Waals surface area contributed by atoms with Crippen molar-refractivity contribution in [1.29, 1.82) is 0 Å². The molecule has 8 heteroatoms. The molecule has 0 saturated carbocycles. The lowest BCUT2D eigenvalue weighted by atomic mass is 10.1. The zero-order chi connectivity index (χ0) is 24.5. The molecule has 1 aliphatic rings. The first-order chi connectivity index (χ1) is 16.4. The Morgan fingerprint density at radius 2 is 1.56 bits per heavy atom. The van der Waals surface area contributed by atoms with E-state index in [1.807, 2.05) is 0 Å². The van der Waals surface area contributed by atoms with E-state index >= 15 is 0 Å². The lowest BCUT2D eigenvalue weighted by Crippen LogP contribution is -2.31. The molecule has 0 spiro atoms. The molecule has 1 N–H and O–H groups in total. The molecule has 0 atom stereocenters. The zero-order valence-electron chi connectivity index (χ0n) is 18.3. The van der Waals surface area contributed by atoms with Crippen LogP contribution in [0.15, 0.2) is 78.9 Å². The van der Waals surface area contributed by atoms with Gasteiger partial charge in [-0.1, -0.05) is 24.8 Å². The van der Waals surface area contributed by atoms with E-state index in [-0.39, 0.29) is 29.7 Å². The number of hydrogen-bond donors (Lipinski definition) is 1. The van der Waals surface area contributed by atoms with Crippen LogP contribution in [0, 0.1) is 0 Å². The number of rotatable bonds is 11. The first-order valence-corrected chi connectivity index (χ1v) is 10.5. The summed E-state index contributed by atoms with van der Waals surface area (Å²) in [6, 6.07) is 13.2. The van der Waals surface area contributed by atoms with Gasteiger partial charge in [0.1, 0.15) is 11.5 Å². The summed E-state index contributed by atoms with van der Waals surface area (Å²) in [6.07, 6.45) is 6.06. The van der Waals surface area contributed by atoms with Gasteiger partial charge in [0.2, 0.25) is 0 Å². The van der Waals surface area contributed by atoms with E-state index in [1.165, 1.54) is 18.2 Å². The predicted molar refractivity (Wildman–Crippen MR) is 124 cm³/mol. The predicted octanol–water partition coefficient (Wildman–Crippen LogP) is 2.73. The second kappa shape index (κ2) is 11.5. The van der Waals surface area contributed by atoms with E-state index in [0.717, 1.165) is 10.5 Å². The van der Waals surface area contributed by atoms with Gasteiger partial charge in [-0.15, -0.1) is 0 Å². The van der Waals surface area contributed by atoms with Crippen LogP contribution < -0.4 is 9.47 Å². The highest BCUT2D eigenvalue weighted by molar-refractivity contribution is 6.12. The van der Waals surface area contributed by atoms with E-state index in [2.05, 4.69) is 6.58 Å². The third-order valence-corrected chi connectivity index (χ3v) is 4.83. The summed E-state index contributed by atoms with van der Waals surface area (Å²) in [5, 5.41) is 8.89. The standard InChI is InChI=1S/C26H23NO7/c1-18(17-28)26(32)34-22-8-3-19(4-9-22)5-12-23(29)20-6-10-21(11-7-20)33-16-2-15-27-24(30)13-14-25(27)31/h3-14,28H,1-2,15-17H2/b12-5+. The summed E-state index contributed by atoms with van der Waals surface area (Å²) < 4.78 is 10.7. The van der Waals surface area contributed by atoms with Crippen molar-refractivity contribution in [2.75, 3.05) is 19.8 Å². The molecule has 0 aromatic heterocycles. The number of carbonyl (C=O) groups is 4. The molecular formula is C26H23NO7. The Bertz CT molecular complexity index is 1130. The van der Waals surface area contributed by atoms with Crippen LogP contribution in [0.5, 0.6) is 11.5 Å². The molecule has 0 radical (unpaired) electrons. The van der Waals surface area contributed by atoms with Crippen LogP contribution in [-0.2, 0) is 14.4 Å². The van der Waals surface area contributed by atoms with Crippen molar-refractivity contribution in [3.05, 3.63) is 90.0 Å². The van der Waals surface area contributed by atoms with E-state index < -0.39 is 12.6 Å². The molecule has 0 fully saturated rings. The van der Waals surface area contributed by atoms with Crippen molar-refractivity contribution in [3.63, 3.8) is 0 Å². The Labute approximate surface area is 196 Å². The summed E-state index contributed by atoms with van der Waals surface area (Å²) >= 11 is 0. The number of aliphatic hydroxyl groups is 1. The molecular weight excluding hydrogens is 438 g/mol. The molecule has 2 aromatic rings. The molecule has 2 aromatic carbocycles. The highest BCUT2D eigenvalue weighted by Gasteiger charge is 2.22. The zero-order valence-corrected chi connectivity index (χ0v) is 18.3. The number of allylic oxidation sites excluding steroid dienone is 1. The number of hydrogen-bond acceptors (Lipinski definition) is 7. The molecule has 1 heterocycles. The normalized spacial score (nSPS) is 12.9. The lowest BCUT2D eigenvalue weighted by molar-refractivity contribution is -0.137. The van der Waals surface area contributed by atoms with Gasteiger partial charge in [0.05, 0.1) is 18.8 Å². The first-order valence-electron chi connectivity index (χ1n) is 10.5. The molecule has 0 unspecified atom stereocenters. The van der Waals surface area contributed by atoms with Crippen LogP contribution in [0.4, 0.5) is 0 Å². The van der Waals surface area contributed by atoms with Crippen molar-refractivity contribution in [3.8, 4) is 11.5 Å². The number of nitrogens with zero attached hydrogens (tertiary/aromatic N) is 1. The van der Waals surface area contributed by atoms with E-state index in [1.54, 1.807) is 54.6 Å². The number of imide groups is 1. The Morgan fingerprint density at radius 3 is 2.18 bits per heavy atom. The second-order valence-corrected chi connectivity index (χ2v) is 7.31. The Hall–Kier alpha value is -4.30. The van der Waals surface area contributed by atoms with Crippen LogP contribution in [0.2, 0.25) is 0 Å². The lowest BCUT2D eigenvalue weighted by Gasteiger charge is -2.13. The first kappa shape index (κ1) is 24.3. The largest absolute Gasteiger partial charge is 0.494 e. The molecule has 0 saturated heterocycles. The highest BCUT2D eigenvalue weighted by Crippen LogP contribution is 2.16. The quantitative estimate of drug-likeness (QED) is 0.137. The van der Waals surface area contributed by atoms with Gasteiger partial charge < -0.3 is 14.6 Å². The highest BCUT2D eigenvalue weighted by atomic mass is 16.5. The van der Waals surface area contributed by atoms with Crippen molar-refractivity contribution < 1.29 is 33.8 Å². The maximum Gasteiger partial charge on any atom is 0.341 e. The van der Waals surface area contributed by atoms with Crippen LogP contribution in [0.3, 0.4) is 0 Å². The Kier molecular flexibility index (Phi) is 8.26. The van der Waals surface area contributed by atoms with Gasteiger partial charge in [0.25, 0.3) is 11.8 Å². The fourth-order valence-electron chi connectivity index (χ4n) is 2.94. The third-order valence-electron chi connectivity index (χ3n) is 4.83. The number of esters is 1. The second-order valence-electron chi connectivity index (χ2n) is 7.31. The minimum Gasteiger partial charge on any atom is -0.494 e. The molecule has 8 nitrogen and oxygen atoms in total. The smallest absolute Gasteiger partial charge is 0.341 e. The molecule has 2 amide bonds. The molecule has 0 bridgehead atoms. The van der Waals surface area contributed by atoms with E-state index in [0.29, 0.717) is 30.1 Å². The number of ketones is 1. The van der Waals surface area contributed by atoms with Crippen molar-refractivity contribution >= 4 is 29.6 Å². The maximum absolute atomic E-state index is 12.4. The van der Waals surface area contributed by atoms with Gasteiger partial charge in [-0.25, -0.2) is 4.79 Å². The Morgan fingerprint density at radius 1 is 0.941 bits per heavy atom. The van der Waals surface area contributed by atoms with Crippen LogP contribution in [0.25, 0.3) is 6.08 Å². The average molecular weight is 461 g/mol. The van der Waals surface area contributed by atoms with Gasteiger partial charge in [-0.2, -0.15) is 0 Å². The number of ether oxygens (including phenoxy) is 2. The third kappa shape index (κ3) is 6.60. The molecule has 1 aliphatic heterocycles. The Balaban J connectivity index is 1.45. The molecule has 3 rings (SSSR count). The number of benzene rings is 2. The van der Waals surface area contributed by atoms with Crippen LogP contribution in [-0.4, -0.2) is 53.3 Å². The van der Waals surface area contributed by atoms with Crippen LogP contribution in [0.1, 0.15) is 22.3 Å². The number of aliphatic hydroxyl groups excluding tert-OH is 1.